The number of Topliss-reactive ketones (excluding diaryl/α,β-unsaturated/α-hetero) is 1. The Bertz CT molecular complexity index is 501. The molecule has 0 aromatic heterocycles. The smallest absolute Gasteiger partial charge is 0.190 e. The van der Waals surface area contributed by atoms with E-state index in [1.807, 2.05) is 18.2 Å². The summed E-state index contributed by atoms with van der Waals surface area (Å²) in [7, 11) is 0. The average Bonchev–Trinajstić information content (AvgIpc) is 2.83. The number of allylic oxidation sites excluding steroid dienone is 3. The van der Waals surface area contributed by atoms with Gasteiger partial charge in [-0.15, -0.1) is 11.8 Å². The fourth-order valence-electron chi connectivity index (χ4n) is 2.29. The number of thioether (sulfide) groups is 1. The summed E-state index contributed by atoms with van der Waals surface area (Å²) in [5.41, 5.74) is 3.14. The molecule has 0 saturated heterocycles. The molecular weight excluding hydrogens is 216 g/mol. The monoisotopic (exact) mass is 228 g/mol. The van der Waals surface area contributed by atoms with Gasteiger partial charge in [0.2, 0.25) is 0 Å². The van der Waals surface area contributed by atoms with E-state index in [2.05, 4.69) is 17.6 Å². The van der Waals surface area contributed by atoms with Gasteiger partial charge in [-0.05, 0) is 30.2 Å². The highest BCUT2D eigenvalue weighted by Crippen LogP contribution is 2.36. The van der Waals surface area contributed by atoms with E-state index in [0.717, 1.165) is 30.4 Å². The molecule has 0 fully saturated rings. The van der Waals surface area contributed by atoms with E-state index < -0.39 is 0 Å². The van der Waals surface area contributed by atoms with Crippen molar-refractivity contribution in [2.45, 2.75) is 19.3 Å². The molecule has 0 radical (unpaired) electrons. The number of hydrogen-bond acceptors (Lipinski definition) is 2. The quantitative estimate of drug-likeness (QED) is 0.629. The number of hydrogen-bond donors (Lipinski definition) is 0. The number of carbonyl (C=O) groups excluding carboxylic acids is 1. The van der Waals surface area contributed by atoms with Gasteiger partial charge < -0.3 is 0 Å². The number of rotatable bonds is 0. The van der Waals surface area contributed by atoms with Crippen LogP contribution in [-0.2, 0) is 6.42 Å². The van der Waals surface area contributed by atoms with Gasteiger partial charge in [-0.1, -0.05) is 30.3 Å². The highest BCUT2D eigenvalue weighted by atomic mass is 32.2. The maximum atomic E-state index is 12.3. The fourth-order valence-corrected chi connectivity index (χ4v) is 3.18. The molecule has 1 aromatic rings. The Morgan fingerprint density at radius 2 is 2.00 bits per heavy atom. The number of aryl methyl sites for hydroxylation is 1. The Kier molecular flexibility index (Phi) is 2.44. The van der Waals surface area contributed by atoms with Crippen molar-refractivity contribution in [3.63, 3.8) is 0 Å². The predicted molar refractivity (Wildman–Crippen MR) is 67.5 cm³/mol. The largest absolute Gasteiger partial charge is 0.289 e. The molecule has 1 aliphatic heterocycles. The minimum Gasteiger partial charge on any atom is -0.289 e. The SMILES string of the molecule is O=C1/C(=C2\CC=CS2)CCc2ccccc21. The molecule has 3 rings (SSSR count). The normalized spacial score (nSPS) is 23.6. The number of fused-ring (bicyclic) bond motifs is 1. The van der Waals surface area contributed by atoms with Crippen molar-refractivity contribution in [1.82, 2.24) is 0 Å². The second-order valence-corrected chi connectivity index (χ2v) is 5.08. The van der Waals surface area contributed by atoms with Crippen LogP contribution in [0.2, 0.25) is 0 Å². The topological polar surface area (TPSA) is 17.1 Å². The number of benzene rings is 1. The summed E-state index contributed by atoms with van der Waals surface area (Å²) < 4.78 is 0. The summed E-state index contributed by atoms with van der Waals surface area (Å²) in [6.07, 6.45) is 4.97. The van der Waals surface area contributed by atoms with Crippen molar-refractivity contribution in [2.24, 2.45) is 0 Å². The second-order valence-electron chi connectivity index (χ2n) is 4.08. The minimum absolute atomic E-state index is 0.244. The maximum Gasteiger partial charge on any atom is 0.190 e. The predicted octanol–water partition coefficient (Wildman–Crippen LogP) is 3.72. The molecule has 1 heterocycles. The van der Waals surface area contributed by atoms with E-state index in [0.29, 0.717) is 0 Å². The number of ketones is 1. The van der Waals surface area contributed by atoms with Crippen LogP contribution in [0.15, 0.2) is 46.2 Å². The van der Waals surface area contributed by atoms with Gasteiger partial charge in [0.15, 0.2) is 5.78 Å². The molecule has 2 aliphatic rings. The lowest BCUT2D eigenvalue weighted by molar-refractivity contribution is 0.102. The third-order valence-electron chi connectivity index (χ3n) is 3.13. The van der Waals surface area contributed by atoms with Crippen LogP contribution in [0.5, 0.6) is 0 Å². The van der Waals surface area contributed by atoms with E-state index in [1.165, 1.54) is 10.5 Å². The second kappa shape index (κ2) is 3.95. The lowest BCUT2D eigenvalue weighted by atomic mass is 9.86. The Morgan fingerprint density at radius 1 is 1.12 bits per heavy atom. The third kappa shape index (κ3) is 1.54. The van der Waals surface area contributed by atoms with Gasteiger partial charge in [0.1, 0.15) is 0 Å². The van der Waals surface area contributed by atoms with Crippen molar-refractivity contribution in [2.75, 3.05) is 0 Å². The van der Waals surface area contributed by atoms with E-state index in [1.54, 1.807) is 11.8 Å². The minimum atomic E-state index is 0.244. The lowest BCUT2D eigenvalue weighted by Gasteiger charge is -2.18. The summed E-state index contributed by atoms with van der Waals surface area (Å²) in [4.78, 5) is 13.6. The van der Waals surface area contributed by atoms with Gasteiger partial charge in [0, 0.05) is 16.0 Å². The highest BCUT2D eigenvalue weighted by molar-refractivity contribution is 8.06. The Morgan fingerprint density at radius 3 is 2.81 bits per heavy atom. The molecular formula is C14H12OS. The van der Waals surface area contributed by atoms with Crippen LogP contribution in [0.25, 0.3) is 0 Å². The van der Waals surface area contributed by atoms with Crippen molar-refractivity contribution in [1.29, 1.82) is 0 Å². The van der Waals surface area contributed by atoms with Crippen molar-refractivity contribution >= 4 is 17.5 Å². The first-order valence-corrected chi connectivity index (χ1v) is 6.40. The summed E-state index contributed by atoms with van der Waals surface area (Å²) in [5.74, 6) is 0.244. The van der Waals surface area contributed by atoms with Crippen LogP contribution in [0, 0.1) is 0 Å². The highest BCUT2D eigenvalue weighted by Gasteiger charge is 2.24. The molecule has 0 N–H and O–H groups in total. The van der Waals surface area contributed by atoms with Crippen molar-refractivity contribution in [3.8, 4) is 0 Å². The van der Waals surface area contributed by atoms with E-state index >= 15 is 0 Å². The fraction of sp³-hybridized carbons (Fsp3) is 0.214. The zero-order valence-corrected chi connectivity index (χ0v) is 9.72. The van der Waals surface area contributed by atoms with E-state index in [4.69, 9.17) is 0 Å². The molecule has 0 amide bonds. The van der Waals surface area contributed by atoms with Gasteiger partial charge >= 0.3 is 0 Å². The Labute approximate surface area is 99.2 Å². The Balaban J connectivity index is 2.04. The molecule has 1 aromatic carbocycles. The molecule has 16 heavy (non-hydrogen) atoms. The van der Waals surface area contributed by atoms with Crippen LogP contribution >= 0.6 is 11.8 Å². The van der Waals surface area contributed by atoms with Crippen LogP contribution in [0.4, 0.5) is 0 Å². The zero-order valence-electron chi connectivity index (χ0n) is 8.90. The molecule has 80 valence electrons. The molecule has 0 bridgehead atoms. The molecule has 0 atom stereocenters. The Hall–Kier alpha value is -1.28. The number of carbonyl (C=O) groups is 1. The third-order valence-corrected chi connectivity index (χ3v) is 4.15. The molecule has 0 spiro atoms. The summed E-state index contributed by atoms with van der Waals surface area (Å²) in [6, 6.07) is 7.97. The van der Waals surface area contributed by atoms with Crippen molar-refractivity contribution in [3.05, 3.63) is 57.4 Å². The molecule has 2 heteroatoms. The van der Waals surface area contributed by atoms with Crippen LogP contribution in [-0.4, -0.2) is 5.78 Å². The van der Waals surface area contributed by atoms with Crippen molar-refractivity contribution < 1.29 is 4.79 Å². The lowest BCUT2D eigenvalue weighted by Crippen LogP contribution is -2.15. The zero-order chi connectivity index (χ0) is 11.0. The maximum absolute atomic E-state index is 12.3. The van der Waals surface area contributed by atoms with Gasteiger partial charge in [-0.3, -0.25) is 4.79 Å². The molecule has 0 unspecified atom stereocenters. The summed E-state index contributed by atoms with van der Waals surface area (Å²) >= 11 is 1.71. The summed E-state index contributed by atoms with van der Waals surface area (Å²) in [6.45, 7) is 0. The first kappa shape index (κ1) is 9.91. The standard InChI is InChI=1S/C14H12OS/c15-14-11-5-2-1-4-10(11)7-8-12(14)13-6-3-9-16-13/h1-5,9H,6-8H2/b13-12+. The van der Waals surface area contributed by atoms with E-state index in [9.17, 15) is 4.79 Å². The van der Waals surface area contributed by atoms with Crippen LogP contribution in [0.3, 0.4) is 0 Å². The molecule has 1 nitrogen and oxygen atoms in total. The first-order valence-electron chi connectivity index (χ1n) is 5.52. The van der Waals surface area contributed by atoms with E-state index in [-0.39, 0.29) is 5.78 Å². The summed E-state index contributed by atoms with van der Waals surface area (Å²) in [5, 5.41) is 2.08. The molecule has 0 saturated carbocycles. The molecule has 1 aliphatic carbocycles. The first-order chi connectivity index (χ1) is 7.86. The average molecular weight is 228 g/mol. The van der Waals surface area contributed by atoms with Crippen LogP contribution in [0.1, 0.15) is 28.8 Å². The van der Waals surface area contributed by atoms with Gasteiger partial charge in [-0.25, -0.2) is 0 Å². The van der Waals surface area contributed by atoms with Gasteiger partial charge in [0.05, 0.1) is 0 Å². The van der Waals surface area contributed by atoms with Gasteiger partial charge in [0.25, 0.3) is 0 Å². The van der Waals surface area contributed by atoms with Crippen LogP contribution < -0.4 is 0 Å². The van der Waals surface area contributed by atoms with Gasteiger partial charge in [-0.2, -0.15) is 0 Å².